The summed E-state index contributed by atoms with van der Waals surface area (Å²) in [7, 11) is 0. The van der Waals surface area contributed by atoms with Crippen LogP contribution in [-0.2, 0) is 13.0 Å². The third-order valence-electron chi connectivity index (χ3n) is 5.10. The number of benzene rings is 2. The van der Waals surface area contributed by atoms with E-state index in [0.717, 1.165) is 29.4 Å². The number of aliphatic hydroxyl groups is 1. The summed E-state index contributed by atoms with van der Waals surface area (Å²) in [5, 5.41) is 20.3. The van der Waals surface area contributed by atoms with Crippen molar-refractivity contribution in [2.45, 2.75) is 13.0 Å². The fourth-order valence-corrected chi connectivity index (χ4v) is 3.64. The van der Waals surface area contributed by atoms with Crippen molar-refractivity contribution in [1.82, 2.24) is 15.4 Å². The van der Waals surface area contributed by atoms with Gasteiger partial charge in [0.15, 0.2) is 5.76 Å². The zero-order chi connectivity index (χ0) is 20.2. The van der Waals surface area contributed by atoms with Crippen LogP contribution in [0.4, 0.5) is 0 Å². The molecule has 4 N–H and O–H groups in total. The largest absolute Gasteiger partial charge is 0.451 e. The first-order chi connectivity index (χ1) is 14.2. The number of nitrogens with zero attached hydrogens (tertiary/aromatic N) is 1. The Morgan fingerprint density at radius 1 is 1.14 bits per heavy atom. The van der Waals surface area contributed by atoms with Gasteiger partial charge in [-0.05, 0) is 41.8 Å². The van der Waals surface area contributed by atoms with Gasteiger partial charge in [-0.3, -0.25) is 14.9 Å². The van der Waals surface area contributed by atoms with Crippen molar-refractivity contribution in [3.8, 4) is 0 Å². The van der Waals surface area contributed by atoms with Gasteiger partial charge in [0.05, 0.1) is 6.61 Å². The molecule has 4 aromatic rings. The van der Waals surface area contributed by atoms with E-state index in [2.05, 4.69) is 22.0 Å². The molecular formula is C22H23N3O4. The molecule has 7 nitrogen and oxygen atoms in total. The maximum Gasteiger partial charge on any atom is 0.310 e. The zero-order valence-corrected chi connectivity index (χ0v) is 15.9. The van der Waals surface area contributed by atoms with E-state index in [-0.39, 0.29) is 12.4 Å². The molecule has 0 saturated heterocycles. The van der Waals surface area contributed by atoms with Crippen molar-refractivity contribution in [2.75, 3.05) is 19.7 Å². The number of aliphatic hydroxyl groups excluding tert-OH is 1. The standard InChI is InChI=1S/C22H23N3O4/c26-10-9-25(8-7-16-13-23-19-4-2-1-3-18(16)19)14-15-5-6-20-17(11-15)12-21(29-20)22(27)24-28/h1-6,11-13,23,26,28H,7-10,14H2,(H,24,27). The monoisotopic (exact) mass is 393 g/mol. The second kappa shape index (κ2) is 8.48. The molecule has 1 amide bonds. The topological polar surface area (TPSA) is 102 Å². The van der Waals surface area contributed by atoms with Gasteiger partial charge in [-0.25, -0.2) is 5.48 Å². The summed E-state index contributed by atoms with van der Waals surface area (Å²) < 4.78 is 5.44. The summed E-state index contributed by atoms with van der Waals surface area (Å²) in [4.78, 5) is 17.0. The summed E-state index contributed by atoms with van der Waals surface area (Å²) >= 11 is 0. The Kier molecular flexibility index (Phi) is 5.62. The highest BCUT2D eigenvalue weighted by Crippen LogP contribution is 2.22. The number of aromatic nitrogens is 1. The van der Waals surface area contributed by atoms with E-state index in [1.807, 2.05) is 36.5 Å². The number of fused-ring (bicyclic) bond motifs is 2. The maximum absolute atomic E-state index is 11.5. The van der Waals surface area contributed by atoms with Crippen molar-refractivity contribution < 1.29 is 19.5 Å². The Hall–Kier alpha value is -3.13. The van der Waals surface area contributed by atoms with Gasteiger partial charge >= 0.3 is 5.91 Å². The van der Waals surface area contributed by atoms with Gasteiger partial charge in [-0.1, -0.05) is 24.3 Å². The van der Waals surface area contributed by atoms with Crippen molar-refractivity contribution in [3.63, 3.8) is 0 Å². The lowest BCUT2D eigenvalue weighted by Gasteiger charge is -2.21. The molecule has 2 heterocycles. The number of hydrogen-bond donors (Lipinski definition) is 4. The Morgan fingerprint density at radius 2 is 2.00 bits per heavy atom. The summed E-state index contributed by atoms with van der Waals surface area (Å²) in [6, 6.07) is 15.6. The normalized spacial score (nSPS) is 11.6. The minimum atomic E-state index is -0.677. The van der Waals surface area contributed by atoms with Gasteiger partial charge in [-0.15, -0.1) is 0 Å². The lowest BCUT2D eigenvalue weighted by molar-refractivity contribution is 0.0678. The summed E-state index contributed by atoms with van der Waals surface area (Å²) in [6.45, 7) is 2.14. The number of furan rings is 1. The first-order valence-electron chi connectivity index (χ1n) is 9.53. The number of hydrogen-bond acceptors (Lipinski definition) is 5. The quantitative estimate of drug-likeness (QED) is 0.272. The van der Waals surface area contributed by atoms with E-state index < -0.39 is 5.91 Å². The Morgan fingerprint density at radius 3 is 2.83 bits per heavy atom. The number of carbonyl (C=O) groups excluding carboxylic acids is 1. The molecule has 2 aromatic carbocycles. The van der Waals surface area contributed by atoms with E-state index in [9.17, 15) is 9.90 Å². The Labute approximate surface area is 167 Å². The van der Waals surface area contributed by atoms with E-state index in [1.165, 1.54) is 10.9 Å². The average molecular weight is 393 g/mol. The lowest BCUT2D eigenvalue weighted by atomic mass is 10.1. The molecule has 0 aliphatic heterocycles. The van der Waals surface area contributed by atoms with Crippen molar-refractivity contribution in [1.29, 1.82) is 0 Å². The zero-order valence-electron chi connectivity index (χ0n) is 15.9. The minimum Gasteiger partial charge on any atom is -0.451 e. The molecule has 0 fully saturated rings. The molecule has 0 spiro atoms. The van der Waals surface area contributed by atoms with E-state index in [0.29, 0.717) is 18.7 Å². The van der Waals surface area contributed by atoms with E-state index in [4.69, 9.17) is 9.62 Å². The molecule has 2 aromatic heterocycles. The molecular weight excluding hydrogens is 370 g/mol. The van der Waals surface area contributed by atoms with Gasteiger partial charge < -0.3 is 14.5 Å². The second-order valence-corrected chi connectivity index (χ2v) is 7.03. The molecule has 0 bridgehead atoms. The minimum absolute atomic E-state index is 0.0613. The Bertz CT molecular complexity index is 1130. The smallest absolute Gasteiger partial charge is 0.310 e. The second-order valence-electron chi connectivity index (χ2n) is 7.03. The molecule has 150 valence electrons. The van der Waals surface area contributed by atoms with Crippen LogP contribution in [0.2, 0.25) is 0 Å². The highest BCUT2D eigenvalue weighted by atomic mass is 16.5. The molecule has 0 unspecified atom stereocenters. The first kappa shape index (κ1) is 19.2. The fourth-order valence-electron chi connectivity index (χ4n) is 3.64. The number of H-pyrrole nitrogens is 1. The number of aromatic amines is 1. The number of para-hydroxylation sites is 1. The molecule has 4 rings (SSSR count). The molecule has 0 atom stereocenters. The third kappa shape index (κ3) is 4.17. The van der Waals surface area contributed by atoms with Gasteiger partial charge in [0.1, 0.15) is 5.58 Å². The van der Waals surface area contributed by atoms with Crippen LogP contribution in [0.25, 0.3) is 21.9 Å². The number of nitrogens with one attached hydrogen (secondary N) is 2. The van der Waals surface area contributed by atoms with Crippen LogP contribution < -0.4 is 5.48 Å². The molecule has 0 saturated carbocycles. The van der Waals surface area contributed by atoms with E-state index in [1.54, 1.807) is 11.5 Å². The number of rotatable bonds is 8. The van der Waals surface area contributed by atoms with Crippen molar-refractivity contribution in [3.05, 3.63) is 71.6 Å². The molecule has 0 radical (unpaired) electrons. The summed E-state index contributed by atoms with van der Waals surface area (Å²) in [6.07, 6.45) is 2.92. The van der Waals surface area contributed by atoms with Crippen LogP contribution >= 0.6 is 0 Å². The third-order valence-corrected chi connectivity index (χ3v) is 5.10. The van der Waals surface area contributed by atoms with Gasteiger partial charge in [0.25, 0.3) is 0 Å². The summed E-state index contributed by atoms with van der Waals surface area (Å²) in [5.74, 6) is -0.616. The predicted octanol–water partition coefficient (Wildman–Crippen LogP) is 3.07. The van der Waals surface area contributed by atoms with Crippen molar-refractivity contribution in [2.24, 2.45) is 0 Å². The van der Waals surface area contributed by atoms with E-state index >= 15 is 0 Å². The number of carbonyl (C=O) groups is 1. The molecule has 0 aliphatic rings. The fraction of sp³-hybridized carbons (Fsp3) is 0.227. The van der Waals surface area contributed by atoms with Crippen LogP contribution in [-0.4, -0.2) is 45.8 Å². The predicted molar refractivity (Wildman–Crippen MR) is 110 cm³/mol. The highest BCUT2D eigenvalue weighted by molar-refractivity contribution is 5.95. The van der Waals surface area contributed by atoms with Gasteiger partial charge in [0, 0.05) is 42.1 Å². The van der Waals surface area contributed by atoms with Crippen molar-refractivity contribution >= 4 is 27.8 Å². The highest BCUT2D eigenvalue weighted by Gasteiger charge is 2.13. The molecule has 7 heteroatoms. The van der Waals surface area contributed by atoms with Crippen LogP contribution in [0, 0.1) is 0 Å². The number of amides is 1. The average Bonchev–Trinajstić information content (AvgIpc) is 3.35. The summed E-state index contributed by atoms with van der Waals surface area (Å²) in [5.41, 5.74) is 5.60. The van der Waals surface area contributed by atoms with Gasteiger partial charge in [-0.2, -0.15) is 0 Å². The lowest BCUT2D eigenvalue weighted by Crippen LogP contribution is -2.28. The van der Waals surface area contributed by atoms with Crippen LogP contribution in [0.5, 0.6) is 0 Å². The number of hydroxylamine groups is 1. The van der Waals surface area contributed by atoms with Crippen LogP contribution in [0.3, 0.4) is 0 Å². The van der Waals surface area contributed by atoms with Crippen LogP contribution in [0.1, 0.15) is 21.7 Å². The Balaban J connectivity index is 1.48. The molecule has 29 heavy (non-hydrogen) atoms. The van der Waals surface area contributed by atoms with Crippen LogP contribution in [0.15, 0.2) is 59.1 Å². The van der Waals surface area contributed by atoms with Gasteiger partial charge in [0.2, 0.25) is 0 Å². The SMILES string of the molecule is O=C(NO)c1cc2cc(CN(CCO)CCc3c[nH]c4ccccc34)ccc2o1. The maximum atomic E-state index is 11.5. The first-order valence-corrected chi connectivity index (χ1v) is 9.53. The molecule has 0 aliphatic carbocycles.